The van der Waals surface area contributed by atoms with Crippen molar-refractivity contribution in [1.82, 2.24) is 0 Å². The third-order valence-corrected chi connectivity index (χ3v) is 7.81. The molecule has 5 rings (SSSR count). The van der Waals surface area contributed by atoms with Crippen LogP contribution in [0.4, 0.5) is 0 Å². The lowest BCUT2D eigenvalue weighted by molar-refractivity contribution is -0.323. The van der Waals surface area contributed by atoms with Gasteiger partial charge in [-0.15, -0.1) is 0 Å². The van der Waals surface area contributed by atoms with Gasteiger partial charge in [-0.2, -0.15) is 0 Å². The maximum absolute atomic E-state index is 13.4. The molecule has 2 fully saturated rings. The van der Waals surface area contributed by atoms with Gasteiger partial charge in [-0.1, -0.05) is 54.6 Å². The summed E-state index contributed by atoms with van der Waals surface area (Å²) >= 11 is 0. The number of benzene rings is 3. The van der Waals surface area contributed by atoms with Crippen molar-refractivity contribution in [3.63, 3.8) is 0 Å². The molecule has 2 aliphatic rings. The fourth-order valence-corrected chi connectivity index (χ4v) is 5.24. The van der Waals surface area contributed by atoms with Gasteiger partial charge in [-0.3, -0.25) is 0 Å². The summed E-state index contributed by atoms with van der Waals surface area (Å²) < 4.78 is 40.7. The predicted octanol–water partition coefficient (Wildman–Crippen LogP) is 1.88. The Morgan fingerprint density at radius 2 is 1.04 bits per heavy atom. The monoisotopic (exact) mass is 652 g/mol. The van der Waals surface area contributed by atoms with Crippen molar-refractivity contribution in [2.75, 3.05) is 13.7 Å². The Morgan fingerprint density at radius 3 is 1.51 bits per heavy atom. The van der Waals surface area contributed by atoms with Crippen molar-refractivity contribution >= 4 is 17.9 Å². The molecule has 0 unspecified atom stereocenters. The van der Waals surface area contributed by atoms with Gasteiger partial charge in [0.1, 0.15) is 24.4 Å². The van der Waals surface area contributed by atoms with Gasteiger partial charge in [0.05, 0.1) is 29.4 Å². The minimum atomic E-state index is -1.64. The Kier molecular flexibility index (Phi) is 11.3. The molecule has 2 heterocycles. The van der Waals surface area contributed by atoms with Crippen LogP contribution in [0, 0.1) is 0 Å². The highest BCUT2D eigenvalue weighted by Gasteiger charge is 2.54. The van der Waals surface area contributed by atoms with Crippen LogP contribution in [0.1, 0.15) is 38.0 Å². The highest BCUT2D eigenvalue weighted by Crippen LogP contribution is 2.32. The Labute approximate surface area is 270 Å². The second-order valence-electron chi connectivity index (χ2n) is 11.0. The van der Waals surface area contributed by atoms with E-state index in [0.717, 1.165) is 0 Å². The van der Waals surface area contributed by atoms with E-state index in [0.29, 0.717) is 0 Å². The first-order valence-electron chi connectivity index (χ1n) is 15.0. The molecule has 13 nitrogen and oxygen atoms in total. The second-order valence-corrected chi connectivity index (χ2v) is 11.0. The first-order valence-corrected chi connectivity index (χ1v) is 15.0. The molecule has 0 saturated carbocycles. The smallest absolute Gasteiger partial charge is 0.338 e. The van der Waals surface area contributed by atoms with E-state index in [9.17, 15) is 29.7 Å². The van der Waals surface area contributed by atoms with E-state index < -0.39 is 85.9 Å². The van der Waals surface area contributed by atoms with E-state index >= 15 is 0 Å². The zero-order valence-corrected chi connectivity index (χ0v) is 25.6. The molecule has 0 aromatic heterocycles. The van der Waals surface area contributed by atoms with Gasteiger partial charge in [-0.05, 0) is 43.3 Å². The van der Waals surface area contributed by atoms with Crippen molar-refractivity contribution in [2.24, 2.45) is 0 Å². The lowest BCUT2D eigenvalue weighted by atomic mass is 9.97. The lowest BCUT2D eigenvalue weighted by Gasteiger charge is -2.45. The van der Waals surface area contributed by atoms with Gasteiger partial charge in [0.25, 0.3) is 0 Å². The summed E-state index contributed by atoms with van der Waals surface area (Å²) in [6, 6.07) is 24.1. The van der Waals surface area contributed by atoms with Gasteiger partial charge >= 0.3 is 17.9 Å². The zero-order valence-electron chi connectivity index (χ0n) is 25.6. The van der Waals surface area contributed by atoms with Gasteiger partial charge < -0.3 is 48.5 Å². The molecule has 0 radical (unpaired) electrons. The van der Waals surface area contributed by atoms with Crippen molar-refractivity contribution in [3.05, 3.63) is 108 Å². The quantitative estimate of drug-likeness (QED) is 0.214. The van der Waals surface area contributed by atoms with Crippen LogP contribution in [0.2, 0.25) is 0 Å². The van der Waals surface area contributed by atoms with E-state index in [-0.39, 0.29) is 16.7 Å². The Hall–Kier alpha value is -4.21. The number of carbonyl (C=O) groups excluding carboxylic acids is 3. The standard InChI is InChI=1S/C34H36O13/c1-19-24(35)25(36)26(37)33(43-19)42-18-23-27(45-30(38)20-12-6-3-7-13-20)28(46-31(39)21-14-8-4-9-15-21)29(34(41-2)44-23)47-32(40)22-16-10-5-11-17-22/h3-17,19,23-29,33-37H,18H2,1-2H3/t19-,23-,24-,25+,26+,27-,28+,29-,33-,34+/m1/s1. The molecule has 3 N–H and O–H groups in total. The number of esters is 3. The average Bonchev–Trinajstić information content (AvgIpc) is 3.11. The van der Waals surface area contributed by atoms with Gasteiger partial charge in [0.15, 0.2) is 30.9 Å². The van der Waals surface area contributed by atoms with E-state index in [1.165, 1.54) is 50.4 Å². The van der Waals surface area contributed by atoms with Gasteiger partial charge in [0, 0.05) is 7.11 Å². The second kappa shape index (κ2) is 15.6. The van der Waals surface area contributed by atoms with Crippen LogP contribution in [-0.2, 0) is 33.2 Å². The molecule has 2 aliphatic heterocycles. The SMILES string of the molecule is CO[C@H]1O[C@H](CO[C@@H]2O[C@H](C)[C@@H](O)[C@H](O)[C@@H]2O)[C@@H](OC(=O)c2ccccc2)[C@H](OC(=O)c2ccccc2)[C@H]1OC(=O)c1ccccc1. The third kappa shape index (κ3) is 8.03. The molecule has 3 aromatic carbocycles. The highest BCUT2D eigenvalue weighted by molar-refractivity contribution is 5.91. The molecule has 10 atom stereocenters. The predicted molar refractivity (Wildman–Crippen MR) is 161 cm³/mol. The molecule has 47 heavy (non-hydrogen) atoms. The molecule has 0 aliphatic carbocycles. The van der Waals surface area contributed by atoms with Crippen molar-refractivity contribution < 1.29 is 62.9 Å². The molecule has 0 bridgehead atoms. The van der Waals surface area contributed by atoms with Crippen LogP contribution in [0.25, 0.3) is 0 Å². The normalized spacial score (nSPS) is 30.6. The molecular weight excluding hydrogens is 616 g/mol. The minimum Gasteiger partial charge on any atom is -0.452 e. The van der Waals surface area contributed by atoms with Crippen molar-refractivity contribution in [2.45, 2.75) is 68.3 Å². The molecule has 13 heteroatoms. The number of hydrogen-bond acceptors (Lipinski definition) is 13. The number of hydrogen-bond donors (Lipinski definition) is 3. The minimum absolute atomic E-state index is 0.169. The first kappa shape index (κ1) is 34.1. The molecular formula is C34H36O13. The summed E-state index contributed by atoms with van der Waals surface area (Å²) in [6.07, 6.45) is -13.9. The Balaban J connectivity index is 1.49. The summed E-state index contributed by atoms with van der Waals surface area (Å²) in [5.74, 6) is -2.41. The number of carbonyl (C=O) groups is 3. The maximum Gasteiger partial charge on any atom is 0.338 e. The number of aliphatic hydroxyl groups is 3. The van der Waals surface area contributed by atoms with Gasteiger partial charge in [-0.25, -0.2) is 14.4 Å². The van der Waals surface area contributed by atoms with Crippen LogP contribution in [0.3, 0.4) is 0 Å². The van der Waals surface area contributed by atoms with Crippen LogP contribution >= 0.6 is 0 Å². The number of aliphatic hydroxyl groups excluding tert-OH is 3. The number of methoxy groups -OCH3 is 1. The Bertz CT molecular complexity index is 1470. The largest absolute Gasteiger partial charge is 0.452 e. The highest BCUT2D eigenvalue weighted by atomic mass is 16.7. The van der Waals surface area contributed by atoms with Crippen molar-refractivity contribution in [1.29, 1.82) is 0 Å². The summed E-state index contributed by atoms with van der Waals surface area (Å²) in [5, 5.41) is 30.9. The number of rotatable bonds is 10. The maximum atomic E-state index is 13.4. The molecule has 0 amide bonds. The van der Waals surface area contributed by atoms with E-state index in [1.54, 1.807) is 54.6 Å². The summed E-state index contributed by atoms with van der Waals surface area (Å²) in [7, 11) is 1.28. The zero-order chi connectivity index (χ0) is 33.5. The average molecular weight is 653 g/mol. The van der Waals surface area contributed by atoms with Crippen LogP contribution < -0.4 is 0 Å². The van der Waals surface area contributed by atoms with E-state index in [1.807, 2.05) is 0 Å². The molecule has 2 saturated heterocycles. The van der Waals surface area contributed by atoms with E-state index in [2.05, 4.69) is 0 Å². The molecule has 3 aromatic rings. The first-order chi connectivity index (χ1) is 22.7. The van der Waals surface area contributed by atoms with Crippen LogP contribution in [-0.4, -0.2) is 108 Å². The van der Waals surface area contributed by atoms with E-state index in [4.69, 9.17) is 33.2 Å². The lowest BCUT2D eigenvalue weighted by Crippen LogP contribution is -2.63. The molecule has 250 valence electrons. The topological polar surface area (TPSA) is 177 Å². The van der Waals surface area contributed by atoms with Crippen LogP contribution in [0.5, 0.6) is 0 Å². The summed E-state index contributed by atoms with van der Waals surface area (Å²) in [4.78, 5) is 40.1. The van der Waals surface area contributed by atoms with Gasteiger partial charge in [0.2, 0.25) is 0 Å². The number of ether oxygens (including phenoxy) is 7. The fourth-order valence-electron chi connectivity index (χ4n) is 5.24. The fraction of sp³-hybridized carbons (Fsp3) is 0.382. The third-order valence-electron chi connectivity index (χ3n) is 7.81. The van der Waals surface area contributed by atoms with Crippen molar-refractivity contribution in [3.8, 4) is 0 Å². The molecule has 0 spiro atoms. The summed E-state index contributed by atoms with van der Waals surface area (Å²) in [5.41, 5.74) is 0.531. The Morgan fingerprint density at radius 1 is 0.596 bits per heavy atom. The summed E-state index contributed by atoms with van der Waals surface area (Å²) in [6.45, 7) is 1.03. The van der Waals surface area contributed by atoms with Crippen LogP contribution in [0.15, 0.2) is 91.0 Å².